The summed E-state index contributed by atoms with van der Waals surface area (Å²) in [5.41, 5.74) is 6.62. The lowest BCUT2D eigenvalue weighted by Crippen LogP contribution is -2.05. The second kappa shape index (κ2) is 6.04. The lowest BCUT2D eigenvalue weighted by Gasteiger charge is -2.16. The molecular weight excluding hydrogens is 218 g/mol. The zero-order chi connectivity index (χ0) is 12.1. The highest BCUT2D eigenvalue weighted by Gasteiger charge is 2.10. The molecule has 3 heteroatoms. The van der Waals surface area contributed by atoms with E-state index in [4.69, 9.17) is 10.5 Å². The predicted molar refractivity (Wildman–Crippen MR) is 72.2 cm³/mol. The lowest BCUT2D eigenvalue weighted by molar-refractivity contribution is 0.339. The number of hydrogen-bond donors (Lipinski definition) is 1. The van der Waals surface area contributed by atoms with Crippen LogP contribution in [0.25, 0.3) is 0 Å². The lowest BCUT2D eigenvalue weighted by atomic mass is 10.2. The molecular formula is C13H21NOS. The van der Waals surface area contributed by atoms with E-state index in [-0.39, 0.29) is 0 Å². The van der Waals surface area contributed by atoms with Crippen LogP contribution in [0.15, 0.2) is 23.1 Å². The molecule has 0 radical (unpaired) electrons. The van der Waals surface area contributed by atoms with Gasteiger partial charge >= 0.3 is 0 Å². The van der Waals surface area contributed by atoms with Crippen LogP contribution >= 0.6 is 11.8 Å². The number of nitrogens with two attached hydrogens (primary N) is 1. The quantitative estimate of drug-likeness (QED) is 0.627. The molecule has 0 amide bonds. The Balaban J connectivity index is 2.79. The smallest absolute Gasteiger partial charge is 0.122 e. The van der Waals surface area contributed by atoms with E-state index in [0.717, 1.165) is 11.4 Å². The molecule has 16 heavy (non-hydrogen) atoms. The van der Waals surface area contributed by atoms with Crippen LogP contribution < -0.4 is 10.5 Å². The molecule has 1 rings (SSSR count). The van der Waals surface area contributed by atoms with Crippen LogP contribution in [0.3, 0.4) is 0 Å². The van der Waals surface area contributed by atoms with E-state index in [9.17, 15) is 0 Å². The molecule has 90 valence electrons. The number of hydrogen-bond acceptors (Lipinski definition) is 3. The first-order valence-corrected chi connectivity index (χ1v) is 6.61. The van der Waals surface area contributed by atoms with Crippen molar-refractivity contribution >= 4 is 17.4 Å². The van der Waals surface area contributed by atoms with Crippen LogP contribution in [0.1, 0.15) is 27.7 Å². The van der Waals surface area contributed by atoms with Gasteiger partial charge in [-0.1, -0.05) is 20.8 Å². The van der Waals surface area contributed by atoms with Gasteiger partial charge in [0, 0.05) is 21.9 Å². The molecule has 1 aromatic rings. The number of ether oxygens (including phenoxy) is 1. The van der Waals surface area contributed by atoms with Crippen molar-refractivity contribution in [2.75, 3.05) is 12.3 Å². The van der Waals surface area contributed by atoms with Crippen LogP contribution in [0.2, 0.25) is 0 Å². The first-order chi connectivity index (χ1) is 7.52. The molecule has 0 heterocycles. The van der Waals surface area contributed by atoms with E-state index >= 15 is 0 Å². The van der Waals surface area contributed by atoms with Crippen molar-refractivity contribution in [3.8, 4) is 5.75 Å². The molecule has 0 spiro atoms. The molecule has 0 fully saturated rings. The van der Waals surface area contributed by atoms with E-state index in [2.05, 4.69) is 26.8 Å². The van der Waals surface area contributed by atoms with Gasteiger partial charge in [-0.2, -0.15) is 0 Å². The maximum Gasteiger partial charge on any atom is 0.122 e. The van der Waals surface area contributed by atoms with E-state index in [1.54, 1.807) is 0 Å². The molecule has 0 aliphatic rings. The normalized spacial score (nSPS) is 12.8. The fraction of sp³-hybridized carbons (Fsp3) is 0.538. The standard InChI is InChI=1S/C13H21NOS/c1-5-15-12-6-11(14)7-13(8-12)16-10(4)9(2)3/h6-10H,5,14H2,1-4H3. The molecule has 1 atom stereocenters. The number of thioether (sulfide) groups is 1. The van der Waals surface area contributed by atoms with Crippen LogP contribution in [0, 0.1) is 5.92 Å². The molecule has 1 aromatic carbocycles. The predicted octanol–water partition coefficient (Wildman–Crippen LogP) is 3.80. The molecule has 1 unspecified atom stereocenters. The van der Waals surface area contributed by atoms with Gasteiger partial charge < -0.3 is 10.5 Å². The van der Waals surface area contributed by atoms with Gasteiger partial charge in [-0.3, -0.25) is 0 Å². The number of rotatable bonds is 5. The molecule has 2 N–H and O–H groups in total. The molecule has 0 aliphatic heterocycles. The summed E-state index contributed by atoms with van der Waals surface area (Å²) in [5.74, 6) is 1.52. The Kier molecular flexibility index (Phi) is 5.00. The van der Waals surface area contributed by atoms with Gasteiger partial charge in [0.05, 0.1) is 6.61 Å². The van der Waals surface area contributed by atoms with Crippen LogP contribution in [-0.2, 0) is 0 Å². The third-order valence-corrected chi connectivity index (χ3v) is 3.90. The topological polar surface area (TPSA) is 35.2 Å². The Labute approximate surface area is 103 Å². The van der Waals surface area contributed by atoms with Crippen molar-refractivity contribution in [3.05, 3.63) is 18.2 Å². The van der Waals surface area contributed by atoms with Gasteiger partial charge in [-0.25, -0.2) is 0 Å². The van der Waals surface area contributed by atoms with E-state index in [1.807, 2.05) is 30.8 Å². The monoisotopic (exact) mass is 239 g/mol. The van der Waals surface area contributed by atoms with Crippen molar-refractivity contribution in [2.45, 2.75) is 37.8 Å². The zero-order valence-electron chi connectivity index (χ0n) is 10.5. The van der Waals surface area contributed by atoms with Crippen LogP contribution in [-0.4, -0.2) is 11.9 Å². The van der Waals surface area contributed by atoms with Crippen molar-refractivity contribution < 1.29 is 4.74 Å². The summed E-state index contributed by atoms with van der Waals surface area (Å²) in [4.78, 5) is 1.18. The maximum atomic E-state index is 5.85. The average Bonchev–Trinajstić information content (AvgIpc) is 2.16. The first kappa shape index (κ1) is 13.2. The molecule has 0 aromatic heterocycles. The minimum atomic E-state index is 0.580. The summed E-state index contributed by atoms with van der Waals surface area (Å²) in [7, 11) is 0. The van der Waals surface area contributed by atoms with Crippen molar-refractivity contribution in [3.63, 3.8) is 0 Å². The molecule has 0 saturated heterocycles. The van der Waals surface area contributed by atoms with Gasteiger partial charge in [0.1, 0.15) is 5.75 Å². The third-order valence-electron chi connectivity index (χ3n) is 2.47. The van der Waals surface area contributed by atoms with Crippen molar-refractivity contribution in [2.24, 2.45) is 5.92 Å². The summed E-state index contributed by atoms with van der Waals surface area (Å²) in [6.45, 7) is 9.35. The summed E-state index contributed by atoms with van der Waals surface area (Å²) >= 11 is 1.85. The molecule has 0 bridgehead atoms. The van der Waals surface area contributed by atoms with Crippen LogP contribution in [0.4, 0.5) is 5.69 Å². The molecule has 0 aliphatic carbocycles. The van der Waals surface area contributed by atoms with E-state index < -0.39 is 0 Å². The Bertz CT molecular complexity index is 339. The Morgan fingerprint density at radius 3 is 2.50 bits per heavy atom. The highest BCUT2D eigenvalue weighted by atomic mass is 32.2. The van der Waals surface area contributed by atoms with Gasteiger partial charge in [-0.15, -0.1) is 11.8 Å². The molecule has 0 saturated carbocycles. The second-order valence-corrected chi connectivity index (χ2v) is 5.69. The first-order valence-electron chi connectivity index (χ1n) is 5.73. The SMILES string of the molecule is CCOc1cc(N)cc(SC(C)C(C)C)c1. The minimum absolute atomic E-state index is 0.580. The third kappa shape index (κ3) is 3.97. The summed E-state index contributed by atoms with van der Waals surface area (Å²) in [5, 5.41) is 0.580. The Morgan fingerprint density at radius 2 is 1.94 bits per heavy atom. The summed E-state index contributed by atoms with van der Waals surface area (Å²) in [6.07, 6.45) is 0. The minimum Gasteiger partial charge on any atom is -0.494 e. The second-order valence-electron chi connectivity index (χ2n) is 4.24. The van der Waals surface area contributed by atoms with Gasteiger partial charge in [-0.05, 0) is 25.0 Å². The maximum absolute atomic E-state index is 5.85. The fourth-order valence-electron chi connectivity index (χ4n) is 1.26. The largest absolute Gasteiger partial charge is 0.494 e. The molecule has 2 nitrogen and oxygen atoms in total. The van der Waals surface area contributed by atoms with Gasteiger partial charge in [0.2, 0.25) is 0 Å². The Morgan fingerprint density at radius 1 is 1.25 bits per heavy atom. The van der Waals surface area contributed by atoms with Crippen molar-refractivity contribution in [1.29, 1.82) is 0 Å². The number of nitrogen functional groups attached to an aromatic ring is 1. The number of benzene rings is 1. The zero-order valence-corrected chi connectivity index (χ0v) is 11.3. The van der Waals surface area contributed by atoms with E-state index in [1.165, 1.54) is 4.90 Å². The Hall–Kier alpha value is -0.830. The summed E-state index contributed by atoms with van der Waals surface area (Å²) in [6, 6.07) is 5.93. The van der Waals surface area contributed by atoms with Gasteiger partial charge in [0.15, 0.2) is 0 Å². The van der Waals surface area contributed by atoms with E-state index in [0.29, 0.717) is 17.8 Å². The van der Waals surface area contributed by atoms with Crippen molar-refractivity contribution in [1.82, 2.24) is 0 Å². The highest BCUT2D eigenvalue weighted by molar-refractivity contribution is 8.00. The van der Waals surface area contributed by atoms with Crippen LogP contribution in [0.5, 0.6) is 5.75 Å². The van der Waals surface area contributed by atoms with Gasteiger partial charge in [0.25, 0.3) is 0 Å². The average molecular weight is 239 g/mol. The fourth-order valence-corrected chi connectivity index (χ4v) is 2.35. The highest BCUT2D eigenvalue weighted by Crippen LogP contribution is 2.32. The number of anilines is 1. The summed E-state index contributed by atoms with van der Waals surface area (Å²) < 4.78 is 5.48.